The molecule has 0 bridgehead atoms. The summed E-state index contributed by atoms with van der Waals surface area (Å²) in [6, 6.07) is 14.7. The topological polar surface area (TPSA) is 59.6 Å². The number of nitrogens with one attached hydrogen (secondary N) is 1. The van der Waals surface area contributed by atoms with Crippen LogP contribution < -0.4 is 11.1 Å². The first kappa shape index (κ1) is 17.4. The molecule has 132 valence electrons. The molecule has 3 N–H and O–H groups in total. The molecule has 0 saturated carbocycles. The minimum Gasteiger partial charge on any atom is -0.381 e. The Morgan fingerprint density at radius 2 is 1.96 bits per heavy atom. The fraction of sp³-hybridized carbons (Fsp3) is 0.350. The number of nitrogens with zero attached hydrogens (tertiary/aromatic N) is 1. The molecule has 25 heavy (non-hydrogen) atoms. The van der Waals surface area contributed by atoms with E-state index in [1.165, 1.54) is 6.07 Å². The highest BCUT2D eigenvalue weighted by atomic mass is 19.1. The lowest BCUT2D eigenvalue weighted by molar-refractivity contribution is 0.0530. The van der Waals surface area contributed by atoms with Crippen LogP contribution in [0, 0.1) is 12.7 Å². The van der Waals surface area contributed by atoms with Crippen LogP contribution >= 0.6 is 0 Å². The van der Waals surface area contributed by atoms with E-state index >= 15 is 0 Å². The highest BCUT2D eigenvalue weighted by Gasteiger charge is 2.34. The van der Waals surface area contributed by atoms with E-state index < -0.39 is 0 Å². The molecule has 0 unspecified atom stereocenters. The Balaban J connectivity index is 1.78. The van der Waals surface area contributed by atoms with E-state index in [9.17, 15) is 4.39 Å². The van der Waals surface area contributed by atoms with Crippen LogP contribution in [0.2, 0.25) is 0 Å². The maximum Gasteiger partial charge on any atom is 0.193 e. The van der Waals surface area contributed by atoms with Gasteiger partial charge in [0.1, 0.15) is 5.82 Å². The zero-order valence-corrected chi connectivity index (χ0v) is 14.5. The minimum atomic E-state index is -0.237. The molecule has 1 heterocycles. The zero-order valence-electron chi connectivity index (χ0n) is 14.5. The van der Waals surface area contributed by atoms with Crippen LogP contribution in [0.1, 0.15) is 24.0 Å². The molecule has 5 heteroatoms. The molecular weight excluding hydrogens is 317 g/mol. The summed E-state index contributed by atoms with van der Waals surface area (Å²) in [5, 5.41) is 3.12. The number of benzene rings is 2. The van der Waals surface area contributed by atoms with Gasteiger partial charge in [0.15, 0.2) is 5.96 Å². The number of hydrogen-bond donors (Lipinski definition) is 2. The van der Waals surface area contributed by atoms with Gasteiger partial charge in [0, 0.05) is 24.3 Å². The van der Waals surface area contributed by atoms with E-state index in [0.717, 1.165) is 29.7 Å². The van der Waals surface area contributed by atoms with Crippen LogP contribution in [0.3, 0.4) is 0 Å². The zero-order chi connectivity index (χ0) is 17.7. The summed E-state index contributed by atoms with van der Waals surface area (Å²) in [4.78, 5) is 4.56. The molecule has 1 fully saturated rings. The van der Waals surface area contributed by atoms with Crippen molar-refractivity contribution in [2.45, 2.75) is 25.2 Å². The maximum absolute atomic E-state index is 13.7. The molecule has 0 spiro atoms. The average molecular weight is 341 g/mol. The van der Waals surface area contributed by atoms with Gasteiger partial charge in [-0.05, 0) is 55.2 Å². The second-order valence-corrected chi connectivity index (χ2v) is 6.60. The first-order valence-corrected chi connectivity index (χ1v) is 8.55. The molecule has 0 atom stereocenters. The van der Waals surface area contributed by atoms with Crippen LogP contribution in [-0.2, 0) is 10.2 Å². The summed E-state index contributed by atoms with van der Waals surface area (Å²) in [6.45, 7) is 3.83. The highest BCUT2D eigenvalue weighted by molar-refractivity contribution is 5.92. The van der Waals surface area contributed by atoms with Crippen LogP contribution in [0.15, 0.2) is 53.5 Å². The van der Waals surface area contributed by atoms with Gasteiger partial charge in [-0.2, -0.15) is 0 Å². The summed E-state index contributed by atoms with van der Waals surface area (Å²) in [5.41, 5.74) is 8.86. The van der Waals surface area contributed by atoms with Crippen LogP contribution in [0.5, 0.6) is 0 Å². The van der Waals surface area contributed by atoms with Crippen molar-refractivity contribution in [2.75, 3.05) is 25.1 Å². The number of ether oxygens (including phenoxy) is 1. The molecule has 1 saturated heterocycles. The van der Waals surface area contributed by atoms with E-state index in [2.05, 4.69) is 10.3 Å². The van der Waals surface area contributed by atoms with E-state index in [4.69, 9.17) is 10.5 Å². The maximum atomic E-state index is 13.7. The second kappa shape index (κ2) is 7.66. The fourth-order valence-corrected chi connectivity index (χ4v) is 3.27. The first-order chi connectivity index (χ1) is 12.1. The van der Waals surface area contributed by atoms with E-state index in [0.29, 0.717) is 25.7 Å². The van der Waals surface area contributed by atoms with Crippen molar-refractivity contribution in [1.29, 1.82) is 0 Å². The number of hydrogen-bond acceptors (Lipinski definition) is 2. The largest absolute Gasteiger partial charge is 0.381 e. The number of halogens is 1. The lowest BCUT2D eigenvalue weighted by Crippen LogP contribution is -2.38. The molecule has 0 radical (unpaired) electrons. The number of nitrogens with two attached hydrogens (primary N) is 1. The fourth-order valence-electron chi connectivity index (χ4n) is 3.27. The molecule has 0 aliphatic carbocycles. The summed E-state index contributed by atoms with van der Waals surface area (Å²) in [7, 11) is 0. The van der Waals surface area contributed by atoms with Crippen molar-refractivity contribution in [3.05, 3.63) is 65.5 Å². The molecular formula is C20H24FN3O. The Morgan fingerprint density at radius 3 is 2.68 bits per heavy atom. The van der Waals surface area contributed by atoms with Crippen LogP contribution in [0.25, 0.3) is 0 Å². The third kappa shape index (κ3) is 4.37. The molecule has 2 aromatic rings. The monoisotopic (exact) mass is 341 g/mol. The van der Waals surface area contributed by atoms with Gasteiger partial charge < -0.3 is 15.8 Å². The van der Waals surface area contributed by atoms with E-state index in [1.54, 1.807) is 12.1 Å². The Labute approximate surface area is 147 Å². The molecule has 3 rings (SSSR count). The lowest BCUT2D eigenvalue weighted by Gasteiger charge is -2.36. The molecule has 4 nitrogen and oxygen atoms in total. The number of rotatable bonds is 4. The minimum absolute atomic E-state index is 0.224. The number of aliphatic imine (C=N–C) groups is 1. The average Bonchev–Trinajstić information content (AvgIpc) is 2.61. The quantitative estimate of drug-likeness (QED) is 0.660. The molecule has 1 aliphatic rings. The van der Waals surface area contributed by atoms with Gasteiger partial charge in [0.05, 0.1) is 6.54 Å². The SMILES string of the molecule is Cc1cccc(NC(N)=NCC2(c3cccc(F)c3)CCOCC2)c1. The normalized spacial score (nSPS) is 17.3. The van der Waals surface area contributed by atoms with Crippen molar-refractivity contribution in [2.24, 2.45) is 10.7 Å². The summed E-state index contributed by atoms with van der Waals surface area (Å²) in [5.74, 6) is 0.145. The van der Waals surface area contributed by atoms with Gasteiger partial charge in [-0.1, -0.05) is 24.3 Å². The van der Waals surface area contributed by atoms with Gasteiger partial charge in [0.25, 0.3) is 0 Å². The summed E-state index contributed by atoms with van der Waals surface area (Å²) in [6.07, 6.45) is 1.61. The number of guanidine groups is 1. The van der Waals surface area contributed by atoms with Crippen molar-refractivity contribution in [3.8, 4) is 0 Å². The summed E-state index contributed by atoms with van der Waals surface area (Å²) < 4.78 is 19.2. The molecule has 0 amide bonds. The van der Waals surface area contributed by atoms with Crippen molar-refractivity contribution >= 4 is 11.6 Å². The third-order valence-corrected chi connectivity index (χ3v) is 4.73. The number of anilines is 1. The number of aryl methyl sites for hydroxylation is 1. The van der Waals surface area contributed by atoms with Crippen molar-refractivity contribution < 1.29 is 9.13 Å². The second-order valence-electron chi connectivity index (χ2n) is 6.60. The summed E-state index contributed by atoms with van der Waals surface area (Å²) >= 11 is 0. The Kier molecular flexibility index (Phi) is 5.34. The highest BCUT2D eigenvalue weighted by Crippen LogP contribution is 2.35. The molecule has 2 aromatic carbocycles. The third-order valence-electron chi connectivity index (χ3n) is 4.73. The Morgan fingerprint density at radius 1 is 1.20 bits per heavy atom. The van der Waals surface area contributed by atoms with Gasteiger partial charge in [0.2, 0.25) is 0 Å². The molecule has 0 aromatic heterocycles. The van der Waals surface area contributed by atoms with Crippen LogP contribution in [0.4, 0.5) is 10.1 Å². The first-order valence-electron chi connectivity index (χ1n) is 8.55. The predicted molar refractivity (Wildman–Crippen MR) is 99.4 cm³/mol. The Bertz CT molecular complexity index is 754. The van der Waals surface area contributed by atoms with E-state index in [-0.39, 0.29) is 11.2 Å². The standard InChI is InChI=1S/C20H24FN3O/c1-15-4-2-7-18(12-15)24-19(22)23-14-20(8-10-25-11-9-20)16-5-3-6-17(21)13-16/h2-7,12-13H,8-11,14H2,1H3,(H3,22,23,24). The molecule has 1 aliphatic heterocycles. The van der Waals surface area contributed by atoms with Gasteiger partial charge in [-0.15, -0.1) is 0 Å². The van der Waals surface area contributed by atoms with Crippen molar-refractivity contribution in [1.82, 2.24) is 0 Å². The van der Waals surface area contributed by atoms with Gasteiger partial charge in [-0.3, -0.25) is 4.99 Å². The van der Waals surface area contributed by atoms with Gasteiger partial charge in [-0.25, -0.2) is 4.39 Å². The predicted octanol–water partition coefficient (Wildman–Crippen LogP) is 3.61. The smallest absolute Gasteiger partial charge is 0.193 e. The van der Waals surface area contributed by atoms with Crippen LogP contribution in [-0.4, -0.2) is 25.7 Å². The van der Waals surface area contributed by atoms with Crippen molar-refractivity contribution in [3.63, 3.8) is 0 Å². The van der Waals surface area contributed by atoms with Gasteiger partial charge >= 0.3 is 0 Å². The lowest BCUT2D eigenvalue weighted by atomic mass is 9.74. The Hall–Kier alpha value is -2.40. The van der Waals surface area contributed by atoms with E-state index in [1.807, 2.05) is 37.3 Å².